The monoisotopic (exact) mass is 352 g/mol. The van der Waals surface area contributed by atoms with E-state index in [1.807, 2.05) is 6.20 Å². The van der Waals surface area contributed by atoms with E-state index >= 15 is 0 Å². The van der Waals surface area contributed by atoms with Crippen LogP contribution in [0.5, 0.6) is 0 Å². The highest BCUT2D eigenvalue weighted by atomic mass is 15.3. The van der Waals surface area contributed by atoms with Crippen LogP contribution in [-0.4, -0.2) is 32.3 Å². The smallest absolute Gasteiger partial charge is 0.134 e. The molecule has 26 heavy (non-hydrogen) atoms. The lowest BCUT2D eigenvalue weighted by molar-refractivity contribution is 0.344. The molecule has 0 amide bonds. The van der Waals surface area contributed by atoms with Gasteiger partial charge < -0.3 is 11.1 Å². The Bertz CT molecular complexity index is 770. The van der Waals surface area contributed by atoms with Gasteiger partial charge in [-0.3, -0.25) is 4.68 Å². The minimum absolute atomic E-state index is 0.352. The Kier molecular flexibility index (Phi) is 4.15. The molecular formula is C20H28N6. The van der Waals surface area contributed by atoms with Crippen molar-refractivity contribution in [3.63, 3.8) is 0 Å². The maximum absolute atomic E-state index is 5.97. The van der Waals surface area contributed by atoms with E-state index in [1.54, 1.807) is 0 Å². The molecule has 3 saturated carbocycles. The van der Waals surface area contributed by atoms with Crippen LogP contribution in [0.4, 0.5) is 5.82 Å². The average Bonchev–Trinajstić information content (AvgIpc) is 3.54. The first-order valence-electron chi connectivity index (χ1n) is 10.2. The molecule has 3 aliphatic rings. The molecule has 5 rings (SSSR count). The third-order valence-corrected chi connectivity index (χ3v) is 5.90. The molecule has 0 bridgehead atoms. The molecular weight excluding hydrogens is 324 g/mol. The molecule has 3 aliphatic carbocycles. The molecule has 138 valence electrons. The number of hydrogen-bond donors (Lipinski definition) is 2. The number of rotatable bonds is 8. The van der Waals surface area contributed by atoms with Gasteiger partial charge >= 0.3 is 0 Å². The number of nitrogens with two attached hydrogens (primary N) is 1. The van der Waals surface area contributed by atoms with E-state index in [0.717, 1.165) is 49.9 Å². The van der Waals surface area contributed by atoms with Gasteiger partial charge in [0.15, 0.2) is 0 Å². The highest BCUT2D eigenvalue weighted by molar-refractivity contribution is 5.38. The molecule has 6 nitrogen and oxygen atoms in total. The van der Waals surface area contributed by atoms with Gasteiger partial charge in [0.1, 0.15) is 11.6 Å². The first-order chi connectivity index (χ1) is 12.8. The van der Waals surface area contributed by atoms with E-state index in [1.165, 1.54) is 37.1 Å². The second-order valence-corrected chi connectivity index (χ2v) is 8.27. The molecule has 2 aromatic rings. The maximum atomic E-state index is 5.97. The van der Waals surface area contributed by atoms with E-state index in [2.05, 4.69) is 27.2 Å². The summed E-state index contributed by atoms with van der Waals surface area (Å²) in [5, 5.41) is 8.01. The first-order valence-corrected chi connectivity index (χ1v) is 10.2. The van der Waals surface area contributed by atoms with E-state index in [9.17, 15) is 0 Å². The number of nitrogens with zero attached hydrogens (tertiary/aromatic N) is 4. The third kappa shape index (κ3) is 3.47. The highest BCUT2D eigenvalue weighted by Crippen LogP contribution is 2.41. The minimum atomic E-state index is 0.352. The van der Waals surface area contributed by atoms with Gasteiger partial charge in [0.05, 0.1) is 0 Å². The standard InChI is InChI=1S/C20H28N6/c21-16-10-15(11-16)17-12-19(25-20(24-17)14-4-5-14)22-7-1-9-26-18(6-8-23-26)13-2-3-13/h6,8,12-16H,1-5,7,9-11,21H2,(H,22,24,25). The van der Waals surface area contributed by atoms with Crippen molar-refractivity contribution in [2.45, 2.75) is 75.3 Å². The van der Waals surface area contributed by atoms with Crippen molar-refractivity contribution in [1.29, 1.82) is 0 Å². The van der Waals surface area contributed by atoms with Gasteiger partial charge in [-0.05, 0) is 51.0 Å². The summed E-state index contributed by atoms with van der Waals surface area (Å²) in [6.45, 7) is 1.88. The van der Waals surface area contributed by atoms with Gasteiger partial charge in [-0.15, -0.1) is 0 Å². The summed E-state index contributed by atoms with van der Waals surface area (Å²) in [4.78, 5) is 9.61. The lowest BCUT2D eigenvalue weighted by Gasteiger charge is -2.32. The molecule has 3 fully saturated rings. The third-order valence-electron chi connectivity index (χ3n) is 5.90. The lowest BCUT2D eigenvalue weighted by Crippen LogP contribution is -2.35. The molecule has 0 atom stereocenters. The summed E-state index contributed by atoms with van der Waals surface area (Å²) < 4.78 is 2.18. The van der Waals surface area contributed by atoms with Crippen molar-refractivity contribution in [3.8, 4) is 0 Å². The predicted molar refractivity (Wildman–Crippen MR) is 101 cm³/mol. The van der Waals surface area contributed by atoms with Crippen LogP contribution >= 0.6 is 0 Å². The SMILES string of the molecule is NC1CC(c2cc(NCCCn3nccc3C3CC3)nc(C3CC3)n2)C1. The zero-order chi connectivity index (χ0) is 17.5. The van der Waals surface area contributed by atoms with Crippen molar-refractivity contribution in [2.24, 2.45) is 5.73 Å². The molecule has 2 heterocycles. The summed E-state index contributed by atoms with van der Waals surface area (Å²) in [5.74, 6) is 3.88. The maximum Gasteiger partial charge on any atom is 0.134 e. The van der Waals surface area contributed by atoms with Crippen LogP contribution in [0.1, 0.15) is 79.9 Å². The Morgan fingerprint density at radius 1 is 1.08 bits per heavy atom. The summed E-state index contributed by atoms with van der Waals surface area (Å²) in [6, 6.07) is 4.67. The van der Waals surface area contributed by atoms with Crippen molar-refractivity contribution < 1.29 is 0 Å². The van der Waals surface area contributed by atoms with Crippen molar-refractivity contribution in [1.82, 2.24) is 19.7 Å². The summed E-state index contributed by atoms with van der Waals surface area (Å²) in [7, 11) is 0. The van der Waals surface area contributed by atoms with Crippen LogP contribution in [-0.2, 0) is 6.54 Å². The molecule has 0 radical (unpaired) electrons. The topological polar surface area (TPSA) is 81.6 Å². The lowest BCUT2D eigenvalue weighted by atomic mass is 9.78. The normalized spacial score (nSPS) is 25.1. The van der Waals surface area contributed by atoms with E-state index in [0.29, 0.717) is 17.9 Å². The van der Waals surface area contributed by atoms with Gasteiger partial charge in [-0.1, -0.05) is 0 Å². The van der Waals surface area contributed by atoms with Gasteiger partial charge in [-0.25, -0.2) is 9.97 Å². The molecule has 2 aromatic heterocycles. The van der Waals surface area contributed by atoms with Gasteiger partial charge in [0.2, 0.25) is 0 Å². The van der Waals surface area contributed by atoms with Gasteiger partial charge in [-0.2, -0.15) is 5.10 Å². The van der Waals surface area contributed by atoms with Crippen LogP contribution in [0, 0.1) is 0 Å². The number of aromatic nitrogens is 4. The van der Waals surface area contributed by atoms with Crippen LogP contribution in [0.2, 0.25) is 0 Å². The molecule has 0 aliphatic heterocycles. The molecule has 0 saturated heterocycles. The van der Waals surface area contributed by atoms with Crippen LogP contribution in [0.15, 0.2) is 18.3 Å². The minimum Gasteiger partial charge on any atom is -0.370 e. The van der Waals surface area contributed by atoms with Gasteiger partial charge in [0, 0.05) is 60.5 Å². The zero-order valence-electron chi connectivity index (χ0n) is 15.3. The Labute approximate surface area is 154 Å². The molecule has 6 heteroatoms. The fourth-order valence-corrected chi connectivity index (χ4v) is 3.91. The number of hydrogen-bond acceptors (Lipinski definition) is 5. The molecule has 0 aromatic carbocycles. The summed E-state index contributed by atoms with van der Waals surface area (Å²) >= 11 is 0. The Balaban J connectivity index is 1.20. The summed E-state index contributed by atoms with van der Waals surface area (Å²) in [6.07, 6.45) is 10.2. The number of aryl methyl sites for hydroxylation is 1. The van der Waals surface area contributed by atoms with Crippen LogP contribution < -0.4 is 11.1 Å². The van der Waals surface area contributed by atoms with Gasteiger partial charge in [0.25, 0.3) is 0 Å². The molecule has 3 N–H and O–H groups in total. The fourth-order valence-electron chi connectivity index (χ4n) is 3.91. The van der Waals surface area contributed by atoms with Crippen molar-refractivity contribution in [3.05, 3.63) is 35.5 Å². The second kappa shape index (κ2) is 6.65. The molecule has 0 unspecified atom stereocenters. The highest BCUT2D eigenvalue weighted by Gasteiger charge is 2.32. The zero-order valence-corrected chi connectivity index (χ0v) is 15.3. The van der Waals surface area contributed by atoms with E-state index in [4.69, 9.17) is 15.7 Å². The van der Waals surface area contributed by atoms with Crippen molar-refractivity contribution in [2.75, 3.05) is 11.9 Å². The largest absolute Gasteiger partial charge is 0.370 e. The van der Waals surface area contributed by atoms with E-state index < -0.39 is 0 Å². The van der Waals surface area contributed by atoms with Crippen molar-refractivity contribution >= 4 is 5.82 Å². The van der Waals surface area contributed by atoms with E-state index in [-0.39, 0.29) is 0 Å². The van der Waals surface area contributed by atoms with Crippen LogP contribution in [0.3, 0.4) is 0 Å². The number of anilines is 1. The molecule has 0 spiro atoms. The fraction of sp³-hybridized carbons (Fsp3) is 0.650. The van der Waals surface area contributed by atoms with Crippen LogP contribution in [0.25, 0.3) is 0 Å². The number of nitrogens with one attached hydrogen (secondary N) is 1. The predicted octanol–water partition coefficient (Wildman–Crippen LogP) is 3.13. The Morgan fingerprint density at radius 2 is 1.88 bits per heavy atom. The average molecular weight is 352 g/mol. The second-order valence-electron chi connectivity index (χ2n) is 8.27. The first kappa shape index (κ1) is 16.2. The quantitative estimate of drug-likeness (QED) is 0.713. The summed E-state index contributed by atoms with van der Waals surface area (Å²) in [5.41, 5.74) is 8.57. The Hall–Kier alpha value is -1.95. The Morgan fingerprint density at radius 3 is 2.62 bits per heavy atom.